The molecule has 1 saturated heterocycles. The zero-order valence-corrected chi connectivity index (χ0v) is 19.1. The van der Waals surface area contributed by atoms with E-state index in [1.54, 1.807) is 0 Å². The molecule has 4 rings (SSSR count). The zero-order chi connectivity index (χ0) is 21.6. The largest absolute Gasteiger partial charge is 0.449 e. The number of fused-ring (bicyclic) bond motifs is 1. The van der Waals surface area contributed by atoms with Gasteiger partial charge in [0.05, 0.1) is 6.61 Å². The monoisotopic (exact) mass is 485 g/mol. The number of nitrogens with zero attached hydrogens (tertiary/aromatic N) is 1. The molecule has 2 N–H and O–H groups in total. The third-order valence-electron chi connectivity index (χ3n) is 6.02. The molecule has 0 spiro atoms. The number of hydrogen-bond acceptors (Lipinski definition) is 5. The van der Waals surface area contributed by atoms with Gasteiger partial charge in [-0.1, -0.05) is 34.1 Å². The number of amides is 1. The van der Waals surface area contributed by atoms with Crippen molar-refractivity contribution in [2.45, 2.75) is 32.4 Å². The summed E-state index contributed by atoms with van der Waals surface area (Å²) in [5.41, 5.74) is 4.06. The van der Waals surface area contributed by atoms with Crippen molar-refractivity contribution in [1.82, 2.24) is 10.2 Å². The van der Waals surface area contributed by atoms with Gasteiger partial charge in [-0.3, -0.25) is 10.1 Å². The smallest absolute Gasteiger partial charge is 0.411 e. The predicted molar refractivity (Wildman–Crippen MR) is 124 cm³/mol. The summed E-state index contributed by atoms with van der Waals surface area (Å²) in [6.45, 7) is 4.79. The molecule has 7 heteroatoms. The number of halogens is 1. The van der Waals surface area contributed by atoms with Gasteiger partial charge in [-0.15, -0.1) is 0 Å². The molecule has 1 fully saturated rings. The van der Waals surface area contributed by atoms with Crippen LogP contribution in [0, 0.1) is 5.92 Å². The van der Waals surface area contributed by atoms with Crippen molar-refractivity contribution in [1.29, 1.82) is 0 Å². The lowest BCUT2D eigenvalue weighted by Gasteiger charge is -2.31. The van der Waals surface area contributed by atoms with E-state index in [0.717, 1.165) is 67.7 Å². The van der Waals surface area contributed by atoms with Gasteiger partial charge >= 0.3 is 6.09 Å². The van der Waals surface area contributed by atoms with Crippen molar-refractivity contribution in [2.24, 2.45) is 5.92 Å². The van der Waals surface area contributed by atoms with Gasteiger partial charge in [-0.2, -0.15) is 0 Å². The van der Waals surface area contributed by atoms with Gasteiger partial charge in [0.25, 0.3) is 0 Å². The summed E-state index contributed by atoms with van der Waals surface area (Å²) in [6, 6.07) is 13.6. The number of likely N-dealkylation sites (tertiary alicyclic amines) is 1. The highest BCUT2D eigenvalue weighted by Crippen LogP contribution is 2.23. The topological polar surface area (TPSA) is 70.7 Å². The standard InChI is InChI=1S/C24H28BrN3O3/c25-21-5-2-17(3-6-21)23(29)18-8-11-28(12-9-18)10-1-13-31-24(30)27-22-7-4-19-15-26-16-20(19)14-22/h2-7,14,18,26H,1,8-13,15-16H2,(H,27,30). The molecule has 0 unspecified atom stereocenters. The van der Waals surface area contributed by atoms with Gasteiger partial charge < -0.3 is 15.0 Å². The summed E-state index contributed by atoms with van der Waals surface area (Å²) in [6.07, 6.45) is 2.13. The van der Waals surface area contributed by atoms with Crippen molar-refractivity contribution in [3.05, 3.63) is 63.6 Å². The molecular formula is C24H28BrN3O3. The summed E-state index contributed by atoms with van der Waals surface area (Å²) in [5, 5.41) is 6.10. The molecule has 0 saturated carbocycles. The number of benzene rings is 2. The second-order valence-corrected chi connectivity index (χ2v) is 9.10. The Morgan fingerprint density at radius 3 is 2.58 bits per heavy atom. The number of anilines is 1. The SMILES string of the molecule is O=C(Nc1ccc2c(c1)CNC2)OCCCN1CCC(C(=O)c2ccc(Br)cc2)CC1. The maximum Gasteiger partial charge on any atom is 0.411 e. The Morgan fingerprint density at radius 2 is 1.81 bits per heavy atom. The van der Waals surface area contributed by atoms with Gasteiger partial charge in [0.2, 0.25) is 0 Å². The third kappa shape index (κ3) is 5.93. The van der Waals surface area contributed by atoms with E-state index < -0.39 is 6.09 Å². The molecule has 0 aliphatic carbocycles. The Balaban J connectivity index is 1.12. The second-order valence-electron chi connectivity index (χ2n) is 8.19. The number of carbonyl (C=O) groups is 2. The van der Waals surface area contributed by atoms with Crippen LogP contribution in [0.15, 0.2) is 46.9 Å². The van der Waals surface area contributed by atoms with Crippen LogP contribution >= 0.6 is 15.9 Å². The number of carbonyl (C=O) groups excluding carboxylic acids is 2. The van der Waals surface area contributed by atoms with E-state index in [1.165, 1.54) is 11.1 Å². The van der Waals surface area contributed by atoms with Crippen LogP contribution in [-0.2, 0) is 17.8 Å². The number of ether oxygens (including phenoxy) is 1. The normalized spacial score (nSPS) is 16.7. The Morgan fingerprint density at radius 1 is 1.06 bits per heavy atom. The number of rotatable bonds is 7. The van der Waals surface area contributed by atoms with Crippen molar-refractivity contribution in [3.8, 4) is 0 Å². The quantitative estimate of drug-likeness (QED) is 0.443. The maximum atomic E-state index is 12.7. The predicted octanol–water partition coefficient (Wildman–Crippen LogP) is 4.59. The molecule has 2 aliphatic heterocycles. The summed E-state index contributed by atoms with van der Waals surface area (Å²) < 4.78 is 6.32. The average molecular weight is 486 g/mol. The minimum atomic E-state index is -0.412. The van der Waals surface area contributed by atoms with Crippen molar-refractivity contribution in [2.75, 3.05) is 31.6 Å². The molecule has 0 atom stereocenters. The van der Waals surface area contributed by atoms with E-state index in [-0.39, 0.29) is 11.7 Å². The fraction of sp³-hybridized carbons (Fsp3) is 0.417. The Bertz CT molecular complexity index is 924. The van der Waals surface area contributed by atoms with Crippen molar-refractivity contribution >= 4 is 33.5 Å². The molecule has 2 heterocycles. The summed E-state index contributed by atoms with van der Waals surface area (Å²) >= 11 is 3.41. The van der Waals surface area contributed by atoms with Crippen LogP contribution in [0.4, 0.5) is 10.5 Å². The van der Waals surface area contributed by atoms with E-state index in [4.69, 9.17) is 4.74 Å². The van der Waals surface area contributed by atoms with Gasteiger partial charge in [-0.25, -0.2) is 4.79 Å². The van der Waals surface area contributed by atoms with Crippen LogP contribution in [0.1, 0.15) is 40.7 Å². The van der Waals surface area contributed by atoms with E-state index in [9.17, 15) is 9.59 Å². The highest BCUT2D eigenvalue weighted by molar-refractivity contribution is 9.10. The number of ketones is 1. The summed E-state index contributed by atoms with van der Waals surface area (Å²) in [7, 11) is 0. The third-order valence-corrected chi connectivity index (χ3v) is 6.55. The van der Waals surface area contributed by atoms with E-state index in [2.05, 4.69) is 31.5 Å². The molecule has 164 valence electrons. The van der Waals surface area contributed by atoms with E-state index in [0.29, 0.717) is 6.61 Å². The summed E-state index contributed by atoms with van der Waals surface area (Å²) in [4.78, 5) is 27.0. The number of piperidine rings is 1. The molecule has 1 amide bonds. The Labute approximate surface area is 191 Å². The first-order valence-corrected chi connectivity index (χ1v) is 11.7. The number of nitrogens with one attached hydrogen (secondary N) is 2. The summed E-state index contributed by atoms with van der Waals surface area (Å²) in [5.74, 6) is 0.344. The fourth-order valence-corrected chi connectivity index (χ4v) is 4.51. The molecule has 2 aromatic carbocycles. The molecule has 0 aromatic heterocycles. The van der Waals surface area contributed by atoms with Crippen molar-refractivity contribution in [3.63, 3.8) is 0 Å². The first-order valence-electron chi connectivity index (χ1n) is 10.9. The number of Topliss-reactive ketones (excluding diaryl/α,β-unsaturated/α-hetero) is 1. The first kappa shape index (κ1) is 22.0. The lowest BCUT2D eigenvalue weighted by Crippen LogP contribution is -2.37. The van der Waals surface area contributed by atoms with Crippen LogP contribution in [0.25, 0.3) is 0 Å². The van der Waals surface area contributed by atoms with Crippen LogP contribution in [0.2, 0.25) is 0 Å². The van der Waals surface area contributed by atoms with Crippen LogP contribution in [0.5, 0.6) is 0 Å². The average Bonchev–Trinajstić information content (AvgIpc) is 3.25. The van der Waals surface area contributed by atoms with Crippen LogP contribution in [0.3, 0.4) is 0 Å². The first-order chi connectivity index (χ1) is 15.1. The molecule has 0 bridgehead atoms. The Kier molecular flexibility index (Phi) is 7.37. The fourth-order valence-electron chi connectivity index (χ4n) is 4.25. The van der Waals surface area contributed by atoms with Gasteiger partial charge in [-0.05, 0) is 67.7 Å². The zero-order valence-electron chi connectivity index (χ0n) is 17.5. The molecule has 2 aliphatic rings. The molecule has 2 aromatic rings. The van der Waals surface area contributed by atoms with Gasteiger partial charge in [0.15, 0.2) is 5.78 Å². The van der Waals surface area contributed by atoms with Crippen LogP contribution < -0.4 is 10.6 Å². The Hall–Kier alpha value is -2.22. The van der Waals surface area contributed by atoms with Gasteiger partial charge in [0, 0.05) is 41.3 Å². The second kappa shape index (κ2) is 10.4. The minimum absolute atomic E-state index is 0.0991. The molecule has 6 nitrogen and oxygen atoms in total. The molecule has 31 heavy (non-hydrogen) atoms. The minimum Gasteiger partial charge on any atom is -0.449 e. The highest BCUT2D eigenvalue weighted by atomic mass is 79.9. The molecular weight excluding hydrogens is 458 g/mol. The van der Waals surface area contributed by atoms with Gasteiger partial charge in [0.1, 0.15) is 0 Å². The number of hydrogen-bond donors (Lipinski definition) is 2. The maximum absolute atomic E-state index is 12.7. The van der Waals surface area contributed by atoms with E-state index in [1.807, 2.05) is 42.5 Å². The van der Waals surface area contributed by atoms with Crippen molar-refractivity contribution < 1.29 is 14.3 Å². The molecule has 0 radical (unpaired) electrons. The van der Waals surface area contributed by atoms with Crippen LogP contribution in [-0.4, -0.2) is 43.0 Å². The highest BCUT2D eigenvalue weighted by Gasteiger charge is 2.25. The van der Waals surface area contributed by atoms with E-state index >= 15 is 0 Å². The lowest BCUT2D eigenvalue weighted by molar-refractivity contribution is 0.0830. The lowest BCUT2D eigenvalue weighted by atomic mass is 9.89.